The molecule has 0 aliphatic heterocycles. The first-order valence-electron chi connectivity index (χ1n) is 6.39. The van der Waals surface area contributed by atoms with Crippen molar-refractivity contribution in [2.24, 2.45) is 0 Å². The molecule has 0 aliphatic rings. The maximum atomic E-state index is 6.21. The van der Waals surface area contributed by atoms with Gasteiger partial charge >= 0.3 is 0 Å². The summed E-state index contributed by atoms with van der Waals surface area (Å²) in [5.74, 6) is 0.817. The van der Waals surface area contributed by atoms with Crippen molar-refractivity contribution >= 4 is 27.5 Å². The molecule has 0 unspecified atom stereocenters. The van der Waals surface area contributed by atoms with E-state index in [1.54, 1.807) is 7.11 Å². The van der Waals surface area contributed by atoms with Gasteiger partial charge in [-0.3, -0.25) is 0 Å². The molecule has 1 N–H and O–H groups in total. The molecule has 20 heavy (non-hydrogen) atoms. The Morgan fingerprint density at radius 3 is 2.70 bits per heavy atom. The van der Waals surface area contributed by atoms with E-state index in [0.717, 1.165) is 27.4 Å². The second kappa shape index (κ2) is 7.11. The quantitative estimate of drug-likeness (QED) is 0.839. The molecule has 106 valence electrons. The van der Waals surface area contributed by atoms with E-state index < -0.39 is 0 Å². The average molecular weight is 355 g/mol. The zero-order valence-corrected chi connectivity index (χ0v) is 13.9. The fraction of sp³-hybridized carbons (Fsp3) is 0.250. The van der Waals surface area contributed by atoms with Crippen molar-refractivity contribution in [2.75, 3.05) is 7.11 Å². The fourth-order valence-electron chi connectivity index (χ4n) is 2.05. The highest BCUT2D eigenvalue weighted by Gasteiger charge is 2.07. The summed E-state index contributed by atoms with van der Waals surface area (Å²) in [5, 5.41) is 4.13. The van der Waals surface area contributed by atoms with Gasteiger partial charge < -0.3 is 10.1 Å². The number of ether oxygens (including phenoxy) is 1. The minimum atomic E-state index is 0.679. The third-order valence-electron chi connectivity index (χ3n) is 3.15. The van der Waals surface area contributed by atoms with Crippen molar-refractivity contribution in [3.05, 3.63) is 62.6 Å². The molecular weight excluding hydrogens is 338 g/mol. The Hall–Kier alpha value is -1.03. The molecule has 0 saturated carbocycles. The molecule has 0 amide bonds. The lowest BCUT2D eigenvalue weighted by molar-refractivity contribution is 0.407. The number of halogens is 2. The molecule has 0 fully saturated rings. The normalized spacial score (nSPS) is 10.6. The van der Waals surface area contributed by atoms with Crippen molar-refractivity contribution in [2.45, 2.75) is 20.0 Å². The summed E-state index contributed by atoms with van der Waals surface area (Å²) in [6, 6.07) is 12.0. The van der Waals surface area contributed by atoms with Crippen LogP contribution in [-0.2, 0) is 13.1 Å². The van der Waals surface area contributed by atoms with Crippen molar-refractivity contribution < 1.29 is 4.74 Å². The zero-order valence-electron chi connectivity index (χ0n) is 11.5. The number of rotatable bonds is 5. The summed E-state index contributed by atoms with van der Waals surface area (Å²) in [5.41, 5.74) is 3.47. The maximum absolute atomic E-state index is 6.21. The summed E-state index contributed by atoms with van der Waals surface area (Å²) < 4.78 is 6.47. The minimum Gasteiger partial charge on any atom is -0.496 e. The van der Waals surface area contributed by atoms with Crippen LogP contribution in [0.2, 0.25) is 5.02 Å². The van der Waals surface area contributed by atoms with Crippen LogP contribution in [0.25, 0.3) is 0 Å². The van der Waals surface area contributed by atoms with Gasteiger partial charge in [0, 0.05) is 28.1 Å². The van der Waals surface area contributed by atoms with E-state index in [0.29, 0.717) is 6.54 Å². The molecule has 0 heterocycles. The highest BCUT2D eigenvalue weighted by Crippen LogP contribution is 2.26. The molecule has 0 spiro atoms. The molecule has 2 nitrogen and oxygen atoms in total. The highest BCUT2D eigenvalue weighted by molar-refractivity contribution is 9.10. The third-order valence-corrected chi connectivity index (χ3v) is 4.39. The van der Waals surface area contributed by atoms with E-state index in [-0.39, 0.29) is 0 Å². The summed E-state index contributed by atoms with van der Waals surface area (Å²) in [7, 11) is 1.66. The molecule has 0 atom stereocenters. The molecule has 0 aromatic heterocycles. The Balaban J connectivity index is 2.01. The Labute approximate surface area is 133 Å². The van der Waals surface area contributed by atoms with Crippen LogP contribution < -0.4 is 10.1 Å². The van der Waals surface area contributed by atoms with E-state index in [9.17, 15) is 0 Å². The van der Waals surface area contributed by atoms with Gasteiger partial charge in [0.1, 0.15) is 5.75 Å². The maximum Gasteiger partial charge on any atom is 0.124 e. The lowest BCUT2D eigenvalue weighted by Crippen LogP contribution is -2.13. The second-order valence-electron chi connectivity index (χ2n) is 4.61. The van der Waals surface area contributed by atoms with Crippen LogP contribution in [0.4, 0.5) is 0 Å². The Kier molecular flexibility index (Phi) is 5.46. The SMILES string of the molecule is COc1cccc(Cl)c1CNCc1ccc(Br)c(C)c1. The van der Waals surface area contributed by atoms with Crippen molar-refractivity contribution in [1.82, 2.24) is 5.32 Å². The molecular formula is C16H17BrClNO. The zero-order chi connectivity index (χ0) is 14.5. The van der Waals surface area contributed by atoms with Crippen LogP contribution in [0.1, 0.15) is 16.7 Å². The summed E-state index contributed by atoms with van der Waals surface area (Å²) in [4.78, 5) is 0. The second-order valence-corrected chi connectivity index (χ2v) is 5.87. The van der Waals surface area contributed by atoms with Gasteiger partial charge in [0.25, 0.3) is 0 Å². The Bertz CT molecular complexity index is 601. The lowest BCUT2D eigenvalue weighted by Gasteiger charge is -2.12. The van der Waals surface area contributed by atoms with E-state index >= 15 is 0 Å². The molecule has 0 aliphatic carbocycles. The minimum absolute atomic E-state index is 0.679. The largest absolute Gasteiger partial charge is 0.496 e. The first kappa shape index (κ1) is 15.4. The van der Waals surface area contributed by atoms with E-state index in [1.165, 1.54) is 11.1 Å². The van der Waals surface area contributed by atoms with Crippen LogP contribution in [-0.4, -0.2) is 7.11 Å². The van der Waals surface area contributed by atoms with Crippen LogP contribution in [0, 0.1) is 6.92 Å². The van der Waals surface area contributed by atoms with Crippen LogP contribution >= 0.6 is 27.5 Å². The number of aryl methyl sites for hydroxylation is 1. The lowest BCUT2D eigenvalue weighted by atomic mass is 10.1. The van der Waals surface area contributed by atoms with Gasteiger partial charge in [0.15, 0.2) is 0 Å². The third kappa shape index (κ3) is 3.75. The van der Waals surface area contributed by atoms with Crippen molar-refractivity contribution in [1.29, 1.82) is 0 Å². The smallest absolute Gasteiger partial charge is 0.124 e. The molecule has 2 rings (SSSR count). The fourth-order valence-corrected chi connectivity index (χ4v) is 2.53. The Morgan fingerprint density at radius 2 is 2.00 bits per heavy atom. The summed E-state index contributed by atoms with van der Waals surface area (Å²) in [6.45, 7) is 3.56. The first-order chi connectivity index (χ1) is 9.61. The van der Waals surface area contributed by atoms with E-state index in [2.05, 4.69) is 46.4 Å². The average Bonchev–Trinajstić information content (AvgIpc) is 2.44. The van der Waals surface area contributed by atoms with Gasteiger partial charge in [0.05, 0.1) is 7.11 Å². The molecule has 0 radical (unpaired) electrons. The number of benzene rings is 2. The van der Waals surface area contributed by atoms with Gasteiger partial charge in [-0.2, -0.15) is 0 Å². The van der Waals surface area contributed by atoms with Gasteiger partial charge in [-0.1, -0.05) is 45.7 Å². The summed E-state index contributed by atoms with van der Waals surface area (Å²) >= 11 is 9.72. The summed E-state index contributed by atoms with van der Waals surface area (Å²) in [6.07, 6.45) is 0. The highest BCUT2D eigenvalue weighted by atomic mass is 79.9. The number of hydrogen-bond donors (Lipinski definition) is 1. The monoisotopic (exact) mass is 353 g/mol. The molecule has 0 bridgehead atoms. The van der Waals surface area contributed by atoms with Crippen molar-refractivity contribution in [3.63, 3.8) is 0 Å². The van der Waals surface area contributed by atoms with Crippen molar-refractivity contribution in [3.8, 4) is 5.75 Å². The van der Waals surface area contributed by atoms with Gasteiger partial charge in [0.2, 0.25) is 0 Å². The van der Waals surface area contributed by atoms with Crippen LogP contribution in [0.5, 0.6) is 5.75 Å². The van der Waals surface area contributed by atoms with Gasteiger partial charge in [-0.15, -0.1) is 0 Å². The molecule has 0 saturated heterocycles. The van der Waals surface area contributed by atoms with Crippen LogP contribution in [0.15, 0.2) is 40.9 Å². The van der Waals surface area contributed by atoms with Gasteiger partial charge in [-0.25, -0.2) is 0 Å². The molecule has 4 heteroatoms. The molecule has 2 aromatic rings. The predicted octanol–water partition coefficient (Wildman–Crippen LogP) is 4.71. The number of hydrogen-bond acceptors (Lipinski definition) is 2. The topological polar surface area (TPSA) is 21.3 Å². The first-order valence-corrected chi connectivity index (χ1v) is 7.56. The standard InChI is InChI=1S/C16H17BrClNO/c1-11-8-12(6-7-14(11)17)9-19-10-13-15(18)4-3-5-16(13)20-2/h3-8,19H,9-10H2,1-2H3. The number of nitrogens with one attached hydrogen (secondary N) is 1. The van der Waals surface area contributed by atoms with Crippen LogP contribution in [0.3, 0.4) is 0 Å². The predicted molar refractivity (Wildman–Crippen MR) is 87.4 cm³/mol. The van der Waals surface area contributed by atoms with E-state index in [4.69, 9.17) is 16.3 Å². The van der Waals surface area contributed by atoms with E-state index in [1.807, 2.05) is 18.2 Å². The molecule has 2 aromatic carbocycles. The van der Waals surface area contributed by atoms with Gasteiger partial charge in [-0.05, 0) is 36.2 Å². The number of methoxy groups -OCH3 is 1. The Morgan fingerprint density at radius 1 is 1.20 bits per heavy atom.